The quantitative estimate of drug-likeness (QED) is 0.0188. The number of aliphatic hydroxyl groups excluding tert-OH is 1. The average molecular weight is 1250 g/mol. The minimum atomic E-state index is -1.16. The van der Waals surface area contributed by atoms with Gasteiger partial charge in [0.1, 0.15) is 19.3 Å². The van der Waals surface area contributed by atoms with Crippen LogP contribution in [-0.4, -0.2) is 66.4 Å². The molecule has 3 unspecified atom stereocenters. The van der Waals surface area contributed by atoms with Crippen molar-refractivity contribution in [3.63, 3.8) is 0 Å². The zero-order valence-electron chi connectivity index (χ0n) is 39.9. The van der Waals surface area contributed by atoms with E-state index in [0.29, 0.717) is 47.8 Å². The van der Waals surface area contributed by atoms with Crippen molar-refractivity contribution in [2.24, 2.45) is 5.92 Å². The predicted molar refractivity (Wildman–Crippen MR) is 282 cm³/mol. The molecule has 13 nitrogen and oxygen atoms in total. The number of anilines is 2. The highest BCUT2D eigenvalue weighted by molar-refractivity contribution is 14.1. The molecule has 0 aliphatic heterocycles. The first kappa shape index (κ1) is 61.2. The summed E-state index contributed by atoms with van der Waals surface area (Å²) in [7, 11) is 0. The molecule has 0 saturated carbocycles. The first-order valence-electron chi connectivity index (χ1n) is 24.3. The molecule has 1 rings (SSSR count). The van der Waals surface area contributed by atoms with Gasteiger partial charge in [0.15, 0.2) is 0 Å². The minimum absolute atomic E-state index is 0.144. The second-order valence-corrected chi connectivity index (χ2v) is 20.3. The highest BCUT2D eigenvalue weighted by atomic mass is 127. The Morgan fingerprint density at radius 2 is 0.892 bits per heavy atom. The number of rotatable bonds is 38. The minimum Gasteiger partial charge on any atom is -0.463 e. The molecule has 0 aliphatic rings. The third-order valence-corrected chi connectivity index (χ3v) is 14.2. The Morgan fingerprint density at radius 3 is 1.29 bits per heavy atom. The Labute approximate surface area is 430 Å². The van der Waals surface area contributed by atoms with Gasteiger partial charge in [-0.1, -0.05) is 149 Å². The maximum Gasteiger partial charge on any atom is 0.343 e. The standard InChI is InChI=1S/C49H79I3N2O11/c1-6-8-10-11-12-13-14-15-16-17-21-24-27-31-40(58)62-33-39(57)34-63-41(59)32-28-25-22-19-18-20-23-26-30-38(29-9-7-2)48(60)64-37(5)65-49(61)42-43(50)46(53-35(3)55)45(52)47(44(42)51)54-36(4)56/h37-39,57H,6-34H2,1-5H3,(H,53,55)(H,54,56). The predicted octanol–water partition coefficient (Wildman–Crippen LogP) is 13.1. The molecular weight excluding hydrogens is 1170 g/mol. The number of hydrogen-bond donors (Lipinski definition) is 3. The van der Waals surface area contributed by atoms with Crippen LogP contribution in [0.4, 0.5) is 11.4 Å². The molecular formula is C49H79I3N2O11. The van der Waals surface area contributed by atoms with E-state index in [1.54, 1.807) is 0 Å². The van der Waals surface area contributed by atoms with Gasteiger partial charge in [-0.3, -0.25) is 24.0 Å². The molecule has 0 heterocycles. The summed E-state index contributed by atoms with van der Waals surface area (Å²) in [6, 6.07) is 0. The van der Waals surface area contributed by atoms with Gasteiger partial charge in [0, 0.05) is 33.6 Å². The third kappa shape index (κ3) is 29.0. The van der Waals surface area contributed by atoms with Crippen LogP contribution in [-0.2, 0) is 42.9 Å². The summed E-state index contributed by atoms with van der Waals surface area (Å²) >= 11 is 5.93. The molecule has 0 radical (unpaired) electrons. The topological polar surface area (TPSA) is 184 Å². The average Bonchev–Trinajstić information content (AvgIpc) is 3.25. The van der Waals surface area contributed by atoms with Crippen LogP contribution in [0.3, 0.4) is 0 Å². The number of amides is 2. The lowest BCUT2D eigenvalue weighted by Crippen LogP contribution is -2.27. The van der Waals surface area contributed by atoms with Gasteiger partial charge in [0.05, 0.1) is 33.6 Å². The molecule has 0 bridgehead atoms. The molecule has 3 atom stereocenters. The van der Waals surface area contributed by atoms with E-state index < -0.39 is 24.3 Å². The van der Waals surface area contributed by atoms with Crippen molar-refractivity contribution in [1.82, 2.24) is 0 Å². The van der Waals surface area contributed by atoms with Crippen molar-refractivity contribution in [3.05, 3.63) is 16.3 Å². The number of carbonyl (C=O) groups excluding carboxylic acids is 6. The van der Waals surface area contributed by atoms with E-state index in [2.05, 4.69) is 24.5 Å². The van der Waals surface area contributed by atoms with Crippen LogP contribution in [0.15, 0.2) is 0 Å². The lowest BCUT2D eigenvalue weighted by atomic mass is 9.95. The zero-order valence-corrected chi connectivity index (χ0v) is 46.4. The molecule has 0 fully saturated rings. The molecule has 16 heteroatoms. The maximum atomic E-state index is 13.5. The summed E-state index contributed by atoms with van der Waals surface area (Å²) < 4.78 is 23.0. The van der Waals surface area contributed by atoms with Gasteiger partial charge in [-0.15, -0.1) is 0 Å². The van der Waals surface area contributed by atoms with E-state index in [1.165, 1.54) is 85.0 Å². The number of unbranched alkanes of at least 4 members (excludes halogenated alkanes) is 20. The fraction of sp³-hybridized carbons (Fsp3) is 0.755. The largest absolute Gasteiger partial charge is 0.463 e. The lowest BCUT2D eigenvalue weighted by Gasteiger charge is -2.22. The first-order chi connectivity index (χ1) is 31.1. The monoisotopic (exact) mass is 1250 g/mol. The van der Waals surface area contributed by atoms with Crippen molar-refractivity contribution in [1.29, 1.82) is 0 Å². The molecule has 0 aromatic heterocycles. The van der Waals surface area contributed by atoms with E-state index in [0.717, 1.165) is 77.0 Å². The molecule has 1 aromatic rings. The van der Waals surface area contributed by atoms with Crippen molar-refractivity contribution in [3.8, 4) is 0 Å². The van der Waals surface area contributed by atoms with Crippen molar-refractivity contribution in [2.45, 2.75) is 220 Å². The van der Waals surface area contributed by atoms with Gasteiger partial charge in [-0.25, -0.2) is 4.79 Å². The highest BCUT2D eigenvalue weighted by Gasteiger charge is 2.29. The molecule has 0 saturated heterocycles. The Morgan fingerprint density at radius 1 is 0.523 bits per heavy atom. The molecule has 0 spiro atoms. The van der Waals surface area contributed by atoms with E-state index in [4.69, 9.17) is 18.9 Å². The summed E-state index contributed by atoms with van der Waals surface area (Å²) in [5, 5.41) is 15.6. The SMILES string of the molecule is CCCCCCCCCCCCCCCC(=O)OCC(O)COC(=O)CCCCCCCCCCC(CCCC)C(=O)OC(C)OC(=O)c1c(I)c(NC(C)=O)c(I)c(NC(C)=O)c1I. The Bertz CT molecular complexity index is 1530. The fourth-order valence-electron chi connectivity index (χ4n) is 7.32. The van der Waals surface area contributed by atoms with Crippen molar-refractivity contribution >= 4 is 115 Å². The Balaban J connectivity index is 2.26. The number of nitrogens with one attached hydrogen (secondary N) is 2. The molecule has 3 N–H and O–H groups in total. The van der Waals surface area contributed by atoms with Gasteiger partial charge in [-0.05, 0) is 93.5 Å². The van der Waals surface area contributed by atoms with Crippen LogP contribution in [0, 0.1) is 16.6 Å². The fourth-order valence-corrected chi connectivity index (χ4v) is 11.5. The molecule has 0 aliphatic carbocycles. The summed E-state index contributed by atoms with van der Waals surface area (Å²) in [4.78, 5) is 74.9. The van der Waals surface area contributed by atoms with Crippen LogP contribution < -0.4 is 10.6 Å². The van der Waals surface area contributed by atoms with Crippen molar-refractivity contribution < 1.29 is 52.8 Å². The van der Waals surface area contributed by atoms with E-state index >= 15 is 0 Å². The van der Waals surface area contributed by atoms with Crippen LogP contribution in [0.2, 0.25) is 0 Å². The second kappa shape index (κ2) is 38.1. The summed E-state index contributed by atoms with van der Waals surface area (Å²) in [6.45, 7) is 8.15. The highest BCUT2D eigenvalue weighted by Crippen LogP contribution is 2.39. The van der Waals surface area contributed by atoms with Crippen LogP contribution in [0.5, 0.6) is 0 Å². The molecule has 1 aromatic carbocycles. The summed E-state index contributed by atoms with van der Waals surface area (Å²) in [5.74, 6) is -2.85. The number of carbonyl (C=O) groups is 6. The maximum absolute atomic E-state index is 13.5. The smallest absolute Gasteiger partial charge is 0.343 e. The van der Waals surface area contributed by atoms with Gasteiger partial charge in [-0.2, -0.15) is 0 Å². The summed E-state index contributed by atoms with van der Waals surface area (Å²) in [5.41, 5.74) is 0.890. The number of hydrogen-bond acceptors (Lipinski definition) is 11. The molecule has 372 valence electrons. The van der Waals surface area contributed by atoms with Crippen molar-refractivity contribution in [2.75, 3.05) is 23.8 Å². The molecule has 2 amide bonds. The number of halogens is 3. The lowest BCUT2D eigenvalue weighted by molar-refractivity contribution is -0.171. The summed E-state index contributed by atoms with van der Waals surface area (Å²) in [6.07, 6.45) is 25.2. The first-order valence-corrected chi connectivity index (χ1v) is 27.5. The van der Waals surface area contributed by atoms with Crippen LogP contribution >= 0.6 is 67.8 Å². The van der Waals surface area contributed by atoms with E-state index in [1.807, 2.05) is 67.8 Å². The number of benzene rings is 1. The number of ether oxygens (including phenoxy) is 4. The van der Waals surface area contributed by atoms with Gasteiger partial charge in [0.25, 0.3) is 0 Å². The number of esters is 4. The van der Waals surface area contributed by atoms with Gasteiger partial charge >= 0.3 is 23.9 Å². The number of aliphatic hydroxyl groups is 1. The van der Waals surface area contributed by atoms with Crippen LogP contribution in [0.1, 0.15) is 218 Å². The van der Waals surface area contributed by atoms with Crippen LogP contribution in [0.25, 0.3) is 0 Å². The Kier molecular flexibility index (Phi) is 35.9. The Hall–Kier alpha value is -1.81. The van der Waals surface area contributed by atoms with E-state index in [-0.39, 0.29) is 54.9 Å². The second-order valence-electron chi connectivity index (χ2n) is 17.1. The molecule has 65 heavy (non-hydrogen) atoms. The zero-order chi connectivity index (χ0) is 48.4. The normalized spacial score (nSPS) is 12.5. The van der Waals surface area contributed by atoms with Gasteiger partial charge < -0.3 is 34.7 Å². The third-order valence-electron chi connectivity index (χ3n) is 11.0. The van der Waals surface area contributed by atoms with Gasteiger partial charge in [0.2, 0.25) is 18.1 Å². The van der Waals surface area contributed by atoms with E-state index in [9.17, 15) is 33.9 Å².